The summed E-state index contributed by atoms with van der Waals surface area (Å²) in [7, 11) is -2.99. The van der Waals surface area contributed by atoms with Gasteiger partial charge >= 0.3 is 0 Å². The van der Waals surface area contributed by atoms with Crippen molar-refractivity contribution in [1.82, 2.24) is 10.2 Å². The first-order valence-electron chi connectivity index (χ1n) is 6.49. The summed E-state index contributed by atoms with van der Waals surface area (Å²) >= 11 is 0. The second-order valence-electron chi connectivity index (χ2n) is 5.89. The molecule has 1 saturated heterocycles. The molecule has 0 bridgehead atoms. The number of sulfone groups is 1. The molecule has 0 aromatic rings. The summed E-state index contributed by atoms with van der Waals surface area (Å²) < 4.78 is 22.7. The molecule has 1 amide bonds. The molecule has 1 saturated carbocycles. The topological polar surface area (TPSA) is 66.5 Å². The highest BCUT2D eigenvalue weighted by Gasteiger charge is 2.47. The lowest BCUT2D eigenvalue weighted by molar-refractivity contribution is -0.135. The van der Waals surface area contributed by atoms with Crippen LogP contribution in [0.4, 0.5) is 0 Å². The van der Waals surface area contributed by atoms with Crippen LogP contribution in [0.3, 0.4) is 0 Å². The third-order valence-electron chi connectivity index (χ3n) is 3.87. The molecular weight excluding hydrogens is 252 g/mol. The van der Waals surface area contributed by atoms with Crippen molar-refractivity contribution >= 4 is 15.7 Å². The van der Waals surface area contributed by atoms with Gasteiger partial charge in [-0.25, -0.2) is 8.42 Å². The zero-order valence-electron chi connectivity index (χ0n) is 11.1. The van der Waals surface area contributed by atoms with Crippen LogP contribution in [-0.4, -0.2) is 56.9 Å². The molecule has 104 valence electrons. The molecule has 0 spiro atoms. The predicted molar refractivity (Wildman–Crippen MR) is 70.0 cm³/mol. The largest absolute Gasteiger partial charge is 0.337 e. The van der Waals surface area contributed by atoms with Gasteiger partial charge < -0.3 is 10.2 Å². The molecule has 1 atom stereocenters. The average Bonchev–Trinajstić information content (AvgIpc) is 2.95. The van der Waals surface area contributed by atoms with Crippen LogP contribution in [0.2, 0.25) is 0 Å². The fraction of sp³-hybridized carbons (Fsp3) is 0.917. The number of nitrogens with one attached hydrogen (secondary N) is 1. The molecule has 5 nitrogen and oxygen atoms in total. The summed E-state index contributed by atoms with van der Waals surface area (Å²) in [6.07, 6.45) is 3.38. The zero-order valence-corrected chi connectivity index (χ0v) is 11.9. The first-order valence-corrected chi connectivity index (χ1v) is 8.55. The monoisotopic (exact) mass is 274 g/mol. The van der Waals surface area contributed by atoms with Crippen molar-refractivity contribution in [2.45, 2.75) is 32.2 Å². The van der Waals surface area contributed by atoms with Crippen molar-refractivity contribution in [2.24, 2.45) is 5.41 Å². The Kier molecular flexibility index (Phi) is 3.69. The van der Waals surface area contributed by atoms with E-state index in [1.165, 1.54) is 6.26 Å². The summed E-state index contributed by atoms with van der Waals surface area (Å²) in [6, 6.07) is 0.209. The van der Waals surface area contributed by atoms with Crippen molar-refractivity contribution in [2.75, 3.05) is 31.6 Å². The number of carbonyl (C=O) groups excluding carboxylic acids is 1. The van der Waals surface area contributed by atoms with Crippen LogP contribution in [0.25, 0.3) is 0 Å². The van der Waals surface area contributed by atoms with Crippen molar-refractivity contribution in [1.29, 1.82) is 0 Å². The van der Waals surface area contributed by atoms with Gasteiger partial charge in [0.15, 0.2) is 0 Å². The first kappa shape index (κ1) is 13.8. The molecule has 1 unspecified atom stereocenters. The maximum atomic E-state index is 12.3. The summed E-state index contributed by atoms with van der Waals surface area (Å²) in [5.74, 6) is 0.275. The lowest BCUT2D eigenvalue weighted by atomic mass is 10.0. The molecule has 18 heavy (non-hydrogen) atoms. The molecule has 1 N–H and O–H groups in total. The Hall–Kier alpha value is -0.620. The van der Waals surface area contributed by atoms with E-state index in [2.05, 4.69) is 5.32 Å². The first-order chi connectivity index (χ1) is 8.31. The molecule has 0 radical (unpaired) electrons. The van der Waals surface area contributed by atoms with E-state index in [4.69, 9.17) is 0 Å². The van der Waals surface area contributed by atoms with E-state index in [0.29, 0.717) is 6.42 Å². The van der Waals surface area contributed by atoms with E-state index in [-0.39, 0.29) is 23.1 Å². The Morgan fingerprint density at radius 2 is 2.11 bits per heavy atom. The smallest absolute Gasteiger partial charge is 0.223 e. The Labute approximate surface area is 109 Å². The molecule has 2 rings (SSSR count). The fourth-order valence-corrected chi connectivity index (χ4v) is 4.24. The Bertz CT molecular complexity index is 429. The third-order valence-corrected chi connectivity index (χ3v) is 5.01. The number of nitrogens with zero attached hydrogens (tertiary/aromatic N) is 1. The molecule has 1 heterocycles. The highest BCUT2D eigenvalue weighted by atomic mass is 32.2. The van der Waals surface area contributed by atoms with Crippen LogP contribution in [0.1, 0.15) is 26.2 Å². The quantitative estimate of drug-likeness (QED) is 0.785. The van der Waals surface area contributed by atoms with E-state index >= 15 is 0 Å². The van der Waals surface area contributed by atoms with Gasteiger partial charge in [-0.3, -0.25) is 4.79 Å². The predicted octanol–water partition coefficient (Wildman–Crippen LogP) is 0.0216. The van der Waals surface area contributed by atoms with E-state index in [1.807, 2.05) is 11.8 Å². The highest BCUT2D eigenvalue weighted by molar-refractivity contribution is 7.90. The van der Waals surface area contributed by atoms with Crippen LogP contribution in [0, 0.1) is 5.41 Å². The Morgan fingerprint density at radius 3 is 2.61 bits per heavy atom. The summed E-state index contributed by atoms with van der Waals surface area (Å²) in [6.45, 7) is 4.41. The van der Waals surface area contributed by atoms with Gasteiger partial charge in [-0.2, -0.15) is 0 Å². The van der Waals surface area contributed by atoms with Gasteiger partial charge in [0.2, 0.25) is 5.91 Å². The zero-order chi connectivity index (χ0) is 13.4. The van der Waals surface area contributed by atoms with Gasteiger partial charge in [0.25, 0.3) is 0 Å². The normalized spacial score (nSPS) is 27.0. The Balaban J connectivity index is 1.95. The highest BCUT2D eigenvalue weighted by Crippen LogP contribution is 2.50. The van der Waals surface area contributed by atoms with E-state index in [9.17, 15) is 13.2 Å². The van der Waals surface area contributed by atoms with Crippen LogP contribution in [0.15, 0.2) is 0 Å². The number of hydrogen-bond donors (Lipinski definition) is 1. The molecule has 1 aliphatic heterocycles. The average molecular weight is 274 g/mol. The van der Waals surface area contributed by atoms with Crippen LogP contribution < -0.4 is 5.32 Å². The van der Waals surface area contributed by atoms with E-state index < -0.39 is 9.84 Å². The van der Waals surface area contributed by atoms with Crippen molar-refractivity contribution in [3.05, 3.63) is 0 Å². The summed E-state index contributed by atoms with van der Waals surface area (Å²) in [4.78, 5) is 14.1. The van der Waals surface area contributed by atoms with Crippen LogP contribution >= 0.6 is 0 Å². The van der Waals surface area contributed by atoms with Gasteiger partial charge in [-0.15, -0.1) is 0 Å². The van der Waals surface area contributed by atoms with Crippen LogP contribution in [0.5, 0.6) is 0 Å². The minimum Gasteiger partial charge on any atom is -0.337 e. The van der Waals surface area contributed by atoms with Crippen LogP contribution in [-0.2, 0) is 14.6 Å². The maximum Gasteiger partial charge on any atom is 0.223 e. The fourth-order valence-electron chi connectivity index (χ4n) is 2.74. The minimum absolute atomic E-state index is 0.116. The molecule has 1 aliphatic carbocycles. The molecule has 0 aromatic carbocycles. The van der Waals surface area contributed by atoms with Gasteiger partial charge in [-0.05, 0) is 25.2 Å². The lowest BCUT2D eigenvalue weighted by Crippen LogP contribution is -2.52. The number of carbonyl (C=O) groups is 1. The van der Waals surface area contributed by atoms with Gasteiger partial charge in [0, 0.05) is 38.4 Å². The van der Waals surface area contributed by atoms with Gasteiger partial charge in [-0.1, -0.05) is 0 Å². The minimum atomic E-state index is -2.99. The number of hydrogen-bond acceptors (Lipinski definition) is 4. The van der Waals surface area contributed by atoms with E-state index in [0.717, 1.165) is 32.5 Å². The number of rotatable bonds is 4. The molecule has 2 fully saturated rings. The SMILES string of the molecule is CC1CNCCN1C(=O)CC1(CS(C)(=O)=O)CC1. The number of amides is 1. The third kappa shape index (κ3) is 3.45. The second-order valence-corrected chi connectivity index (χ2v) is 8.03. The molecule has 0 aromatic heterocycles. The van der Waals surface area contributed by atoms with Gasteiger partial charge in [0.1, 0.15) is 9.84 Å². The van der Waals surface area contributed by atoms with Crippen molar-refractivity contribution < 1.29 is 13.2 Å². The van der Waals surface area contributed by atoms with Gasteiger partial charge in [0.05, 0.1) is 5.75 Å². The molecule has 6 heteroatoms. The summed E-state index contributed by atoms with van der Waals surface area (Å²) in [5.41, 5.74) is -0.255. The Morgan fingerprint density at radius 1 is 1.44 bits per heavy atom. The van der Waals surface area contributed by atoms with Crippen molar-refractivity contribution in [3.63, 3.8) is 0 Å². The number of piperazine rings is 1. The van der Waals surface area contributed by atoms with Crippen molar-refractivity contribution in [3.8, 4) is 0 Å². The standard InChI is InChI=1S/C12H22N2O3S/c1-10-8-13-5-6-14(10)11(15)7-12(3-4-12)9-18(2,16)17/h10,13H,3-9H2,1-2H3. The molecular formula is C12H22N2O3S. The summed E-state index contributed by atoms with van der Waals surface area (Å²) in [5, 5.41) is 3.25. The lowest BCUT2D eigenvalue weighted by Gasteiger charge is -2.35. The molecule has 2 aliphatic rings. The maximum absolute atomic E-state index is 12.3. The van der Waals surface area contributed by atoms with E-state index in [1.54, 1.807) is 0 Å². The second kappa shape index (κ2) is 4.81.